The Morgan fingerprint density at radius 3 is 2.88 bits per heavy atom. The number of hydrogen-bond donors (Lipinski definition) is 1. The summed E-state index contributed by atoms with van der Waals surface area (Å²) >= 11 is 0. The zero-order valence-corrected chi connectivity index (χ0v) is 10.4. The maximum Gasteiger partial charge on any atom is 0.0948 e. The van der Waals surface area contributed by atoms with Crippen LogP contribution in [-0.4, -0.2) is 39.8 Å². The highest BCUT2D eigenvalue weighted by Crippen LogP contribution is 2.04. The Morgan fingerprint density at radius 1 is 1.38 bits per heavy atom. The Hall–Kier alpha value is -0.870. The molecule has 0 aliphatic heterocycles. The van der Waals surface area contributed by atoms with E-state index in [1.165, 1.54) is 5.69 Å². The van der Waals surface area contributed by atoms with Gasteiger partial charge in [-0.05, 0) is 39.8 Å². The molecule has 0 fully saturated rings. The van der Waals surface area contributed by atoms with Gasteiger partial charge in [-0.2, -0.15) is 0 Å². The van der Waals surface area contributed by atoms with E-state index in [0.717, 1.165) is 38.9 Å². The quantitative estimate of drug-likeness (QED) is 0.682. The van der Waals surface area contributed by atoms with E-state index in [4.69, 9.17) is 5.11 Å². The van der Waals surface area contributed by atoms with Gasteiger partial charge in [-0.1, -0.05) is 0 Å². The zero-order valence-electron chi connectivity index (χ0n) is 10.4. The van der Waals surface area contributed by atoms with E-state index in [2.05, 4.69) is 28.4 Å². The Labute approximate surface area is 97.9 Å². The van der Waals surface area contributed by atoms with E-state index < -0.39 is 0 Å². The van der Waals surface area contributed by atoms with Crippen LogP contribution in [0.15, 0.2) is 12.5 Å². The number of aromatic nitrogens is 2. The van der Waals surface area contributed by atoms with Crippen LogP contribution >= 0.6 is 0 Å². The lowest BCUT2D eigenvalue weighted by Gasteiger charge is -2.17. The number of aliphatic hydroxyl groups excluding tert-OH is 1. The van der Waals surface area contributed by atoms with E-state index in [1.54, 1.807) is 0 Å². The van der Waals surface area contributed by atoms with Gasteiger partial charge in [0.05, 0.1) is 12.0 Å². The van der Waals surface area contributed by atoms with Crippen molar-refractivity contribution in [2.75, 3.05) is 20.2 Å². The minimum atomic E-state index is 0.312. The molecule has 4 heteroatoms. The Kier molecular flexibility index (Phi) is 6.11. The molecule has 0 radical (unpaired) electrons. The monoisotopic (exact) mass is 225 g/mol. The molecule has 0 bridgehead atoms. The predicted molar refractivity (Wildman–Crippen MR) is 65.2 cm³/mol. The number of aryl methyl sites for hydroxylation is 1. The molecule has 4 nitrogen and oxygen atoms in total. The van der Waals surface area contributed by atoms with Crippen molar-refractivity contribution in [1.29, 1.82) is 0 Å². The molecule has 0 amide bonds. The fraction of sp³-hybridized carbons (Fsp3) is 0.750. The molecule has 1 N–H and O–H groups in total. The molecule has 0 saturated carbocycles. The molecule has 16 heavy (non-hydrogen) atoms. The molecule has 92 valence electrons. The lowest BCUT2D eigenvalue weighted by molar-refractivity contribution is 0.269. The third-order valence-corrected chi connectivity index (χ3v) is 2.77. The third-order valence-electron chi connectivity index (χ3n) is 2.77. The van der Waals surface area contributed by atoms with Gasteiger partial charge in [-0.15, -0.1) is 0 Å². The fourth-order valence-corrected chi connectivity index (χ4v) is 1.79. The van der Waals surface area contributed by atoms with Crippen LogP contribution in [0.2, 0.25) is 0 Å². The standard InChI is InChI=1S/C12H23N3O/c1-3-15-11-13-9-12(15)10-14(2)7-5-4-6-8-16/h9,11,16H,3-8,10H2,1-2H3. The highest BCUT2D eigenvalue weighted by Gasteiger charge is 2.04. The van der Waals surface area contributed by atoms with Crippen LogP contribution in [0.25, 0.3) is 0 Å². The van der Waals surface area contributed by atoms with Crippen molar-refractivity contribution in [3.8, 4) is 0 Å². The Balaban J connectivity index is 2.25. The van der Waals surface area contributed by atoms with Gasteiger partial charge in [0.25, 0.3) is 0 Å². The van der Waals surface area contributed by atoms with Crippen molar-refractivity contribution in [1.82, 2.24) is 14.5 Å². The number of hydrogen-bond acceptors (Lipinski definition) is 3. The molecule has 0 spiro atoms. The van der Waals surface area contributed by atoms with Crippen molar-refractivity contribution in [2.45, 2.75) is 39.3 Å². The van der Waals surface area contributed by atoms with E-state index in [0.29, 0.717) is 6.61 Å². The van der Waals surface area contributed by atoms with Crippen molar-refractivity contribution >= 4 is 0 Å². The normalized spacial score (nSPS) is 11.2. The van der Waals surface area contributed by atoms with E-state index >= 15 is 0 Å². The first kappa shape index (κ1) is 13.2. The summed E-state index contributed by atoms with van der Waals surface area (Å²) in [6.07, 6.45) is 6.99. The molecule has 0 aliphatic carbocycles. The van der Waals surface area contributed by atoms with Gasteiger partial charge in [-0.25, -0.2) is 4.98 Å². The third kappa shape index (κ3) is 4.33. The first-order valence-electron chi connectivity index (χ1n) is 6.06. The summed E-state index contributed by atoms with van der Waals surface area (Å²) in [6.45, 7) is 5.45. The molecular weight excluding hydrogens is 202 g/mol. The average Bonchev–Trinajstić information content (AvgIpc) is 2.71. The molecule has 1 aromatic heterocycles. The molecule has 0 aromatic carbocycles. The molecule has 0 aliphatic rings. The number of rotatable bonds is 8. The molecule has 1 rings (SSSR count). The zero-order chi connectivity index (χ0) is 11.8. The second kappa shape index (κ2) is 7.41. The summed E-state index contributed by atoms with van der Waals surface area (Å²) in [5, 5.41) is 8.68. The van der Waals surface area contributed by atoms with Gasteiger partial charge in [0.15, 0.2) is 0 Å². The van der Waals surface area contributed by atoms with Gasteiger partial charge in [-0.3, -0.25) is 0 Å². The molecular formula is C12H23N3O. The second-order valence-corrected chi connectivity index (χ2v) is 4.19. The van der Waals surface area contributed by atoms with Crippen LogP contribution in [0.1, 0.15) is 31.9 Å². The smallest absolute Gasteiger partial charge is 0.0948 e. The summed E-state index contributed by atoms with van der Waals surface area (Å²) in [5.41, 5.74) is 1.27. The Bertz CT molecular complexity index is 286. The first-order chi connectivity index (χ1) is 7.77. The van der Waals surface area contributed by atoms with Crippen LogP contribution in [0.5, 0.6) is 0 Å². The van der Waals surface area contributed by atoms with E-state index in [1.807, 2.05) is 12.5 Å². The topological polar surface area (TPSA) is 41.3 Å². The van der Waals surface area contributed by atoms with Crippen LogP contribution in [0, 0.1) is 0 Å². The second-order valence-electron chi connectivity index (χ2n) is 4.19. The number of aliphatic hydroxyl groups is 1. The summed E-state index contributed by atoms with van der Waals surface area (Å²) in [6, 6.07) is 0. The van der Waals surface area contributed by atoms with E-state index in [9.17, 15) is 0 Å². The molecule has 0 unspecified atom stereocenters. The highest BCUT2D eigenvalue weighted by atomic mass is 16.2. The largest absolute Gasteiger partial charge is 0.396 e. The van der Waals surface area contributed by atoms with Gasteiger partial charge < -0.3 is 14.6 Å². The van der Waals surface area contributed by atoms with Crippen molar-refractivity contribution in [3.05, 3.63) is 18.2 Å². The summed E-state index contributed by atoms with van der Waals surface area (Å²) in [5.74, 6) is 0. The maximum atomic E-state index is 8.68. The number of unbranched alkanes of at least 4 members (excludes halogenated alkanes) is 2. The highest BCUT2D eigenvalue weighted by molar-refractivity contribution is 4.97. The van der Waals surface area contributed by atoms with Crippen molar-refractivity contribution < 1.29 is 5.11 Å². The van der Waals surface area contributed by atoms with Crippen molar-refractivity contribution in [3.63, 3.8) is 0 Å². The van der Waals surface area contributed by atoms with Crippen LogP contribution in [-0.2, 0) is 13.1 Å². The Morgan fingerprint density at radius 2 is 2.19 bits per heavy atom. The van der Waals surface area contributed by atoms with E-state index in [-0.39, 0.29) is 0 Å². The molecule has 0 saturated heterocycles. The summed E-state index contributed by atoms with van der Waals surface area (Å²) < 4.78 is 2.17. The lowest BCUT2D eigenvalue weighted by atomic mass is 10.2. The fourth-order valence-electron chi connectivity index (χ4n) is 1.79. The van der Waals surface area contributed by atoms with Crippen molar-refractivity contribution in [2.24, 2.45) is 0 Å². The van der Waals surface area contributed by atoms with Crippen LogP contribution < -0.4 is 0 Å². The minimum Gasteiger partial charge on any atom is -0.396 e. The molecule has 1 aromatic rings. The van der Waals surface area contributed by atoms with Crippen LogP contribution in [0.4, 0.5) is 0 Å². The summed E-state index contributed by atoms with van der Waals surface area (Å²) in [7, 11) is 2.13. The van der Waals surface area contributed by atoms with Gasteiger partial charge in [0, 0.05) is 25.9 Å². The molecule has 0 atom stereocenters. The number of nitrogens with zero attached hydrogens (tertiary/aromatic N) is 3. The minimum absolute atomic E-state index is 0.312. The number of imidazole rings is 1. The molecule has 1 heterocycles. The average molecular weight is 225 g/mol. The van der Waals surface area contributed by atoms with Gasteiger partial charge in [0.1, 0.15) is 0 Å². The lowest BCUT2D eigenvalue weighted by Crippen LogP contribution is -2.20. The first-order valence-corrected chi connectivity index (χ1v) is 6.06. The van der Waals surface area contributed by atoms with Crippen LogP contribution in [0.3, 0.4) is 0 Å². The SMILES string of the molecule is CCn1cncc1CN(C)CCCCCO. The summed E-state index contributed by atoms with van der Waals surface area (Å²) in [4.78, 5) is 6.47. The maximum absolute atomic E-state index is 8.68. The predicted octanol–water partition coefficient (Wildman–Crippen LogP) is 1.50. The van der Waals surface area contributed by atoms with Gasteiger partial charge in [0.2, 0.25) is 0 Å². The van der Waals surface area contributed by atoms with Gasteiger partial charge >= 0.3 is 0 Å².